The third-order valence-corrected chi connectivity index (χ3v) is 7.40. The van der Waals surface area contributed by atoms with Crippen molar-refractivity contribution in [2.24, 2.45) is 23.7 Å². The average Bonchev–Trinajstić information content (AvgIpc) is 3.03. The van der Waals surface area contributed by atoms with Gasteiger partial charge in [-0.2, -0.15) is 0 Å². The smallest absolute Gasteiger partial charge is 0.315 e. The highest BCUT2D eigenvalue weighted by Crippen LogP contribution is 2.59. The van der Waals surface area contributed by atoms with Crippen molar-refractivity contribution in [1.29, 1.82) is 0 Å². The van der Waals surface area contributed by atoms with Crippen LogP contribution in [0.1, 0.15) is 41.0 Å². The minimum atomic E-state index is -1.82. The summed E-state index contributed by atoms with van der Waals surface area (Å²) in [5, 5.41) is 11.3. The summed E-state index contributed by atoms with van der Waals surface area (Å²) in [6.07, 6.45) is 10.2. The van der Waals surface area contributed by atoms with E-state index in [1.54, 1.807) is 19.9 Å². The Morgan fingerprint density at radius 2 is 2.09 bits per heavy atom. The molecule has 7 heteroatoms. The first-order valence-electron chi connectivity index (χ1n) is 11.0. The van der Waals surface area contributed by atoms with Crippen LogP contribution < -0.4 is 0 Å². The van der Waals surface area contributed by atoms with Gasteiger partial charge in [-0.05, 0) is 31.9 Å². The second kappa shape index (κ2) is 8.01. The number of cyclic esters (lactones) is 1. The Hall–Kier alpha value is -2.15. The fourth-order valence-corrected chi connectivity index (χ4v) is 5.32. The van der Waals surface area contributed by atoms with Crippen molar-refractivity contribution in [2.75, 3.05) is 6.61 Å². The number of allylic oxidation sites excluding steroid dienone is 6. The van der Waals surface area contributed by atoms with E-state index in [4.69, 9.17) is 25.8 Å². The summed E-state index contributed by atoms with van der Waals surface area (Å²) in [7, 11) is 0. The lowest BCUT2D eigenvalue weighted by Gasteiger charge is -2.38. The summed E-state index contributed by atoms with van der Waals surface area (Å²) >= 11 is 6.50. The van der Waals surface area contributed by atoms with Gasteiger partial charge in [-0.15, -0.1) is 0 Å². The van der Waals surface area contributed by atoms with E-state index in [2.05, 4.69) is 19.9 Å². The van der Waals surface area contributed by atoms with Gasteiger partial charge in [0.2, 0.25) is 5.78 Å². The molecule has 0 radical (unpaired) electrons. The van der Waals surface area contributed by atoms with Crippen LogP contribution in [-0.4, -0.2) is 34.9 Å². The van der Waals surface area contributed by atoms with Crippen molar-refractivity contribution in [3.05, 3.63) is 58.1 Å². The Kier molecular flexibility index (Phi) is 5.76. The van der Waals surface area contributed by atoms with Gasteiger partial charge in [-0.1, -0.05) is 56.5 Å². The SMILES string of the molecule is CCC(C)/C=C(C)/C=C/C1=CC2=C(Cl)C(=O)C3(C)O[C@]4(O)[C@H](C)COC(=O)[C@@H]4C3C2=CO1. The lowest BCUT2D eigenvalue weighted by Crippen LogP contribution is -2.53. The molecule has 0 aromatic heterocycles. The number of hydrogen-bond acceptors (Lipinski definition) is 6. The molecule has 3 unspecified atom stereocenters. The zero-order chi connectivity index (χ0) is 23.4. The maximum absolute atomic E-state index is 13.3. The summed E-state index contributed by atoms with van der Waals surface area (Å²) in [6.45, 7) is 9.62. The highest BCUT2D eigenvalue weighted by molar-refractivity contribution is 6.45. The van der Waals surface area contributed by atoms with E-state index in [-0.39, 0.29) is 11.6 Å². The molecule has 172 valence electrons. The van der Waals surface area contributed by atoms with Crippen molar-refractivity contribution in [2.45, 2.75) is 52.4 Å². The summed E-state index contributed by atoms with van der Waals surface area (Å²) < 4.78 is 17.1. The third-order valence-electron chi connectivity index (χ3n) is 7.03. The monoisotopic (exact) mass is 460 g/mol. The first-order chi connectivity index (χ1) is 15.0. The van der Waals surface area contributed by atoms with Gasteiger partial charge in [0.05, 0.1) is 17.9 Å². The Morgan fingerprint density at radius 3 is 2.78 bits per heavy atom. The van der Waals surface area contributed by atoms with E-state index in [9.17, 15) is 14.7 Å². The molecule has 4 rings (SSSR count). The maximum Gasteiger partial charge on any atom is 0.315 e. The van der Waals surface area contributed by atoms with Crippen LogP contribution in [0.25, 0.3) is 0 Å². The quantitative estimate of drug-likeness (QED) is 0.497. The van der Waals surface area contributed by atoms with Crippen LogP contribution in [-0.2, 0) is 23.8 Å². The van der Waals surface area contributed by atoms with Gasteiger partial charge in [0.15, 0.2) is 5.79 Å². The average molecular weight is 461 g/mol. The summed E-state index contributed by atoms with van der Waals surface area (Å²) in [5.41, 5.74) is 0.628. The molecule has 0 amide bonds. The Balaban J connectivity index is 1.72. The standard InChI is InChI=1S/C25H29ClO6/c1-6-13(2)9-14(3)7-8-16-10-17-18(12-30-16)19-20-23(28)31-11-15(4)25(20,29)32-24(19,5)22(27)21(17)26/h7-10,12-13,15,19-20,29H,6,11H2,1-5H3/b8-7+,14-9+/t13?,15-,19?,20+,24?,25-/m1/s1. The molecule has 1 aliphatic carbocycles. The number of esters is 1. The molecule has 32 heavy (non-hydrogen) atoms. The van der Waals surface area contributed by atoms with Crippen LogP contribution in [0.5, 0.6) is 0 Å². The number of rotatable bonds is 4. The van der Waals surface area contributed by atoms with Crippen LogP contribution >= 0.6 is 11.6 Å². The molecule has 1 N–H and O–H groups in total. The van der Waals surface area contributed by atoms with Gasteiger partial charge in [0.25, 0.3) is 0 Å². The molecule has 2 saturated heterocycles. The van der Waals surface area contributed by atoms with Gasteiger partial charge in [-0.25, -0.2) is 0 Å². The van der Waals surface area contributed by atoms with Gasteiger partial charge < -0.3 is 19.3 Å². The number of carbonyl (C=O) groups excluding carboxylic acids is 2. The lowest BCUT2D eigenvalue weighted by molar-refractivity contribution is -0.276. The van der Waals surface area contributed by atoms with E-state index < -0.39 is 40.9 Å². The zero-order valence-corrected chi connectivity index (χ0v) is 19.7. The molecule has 4 aliphatic rings. The molecule has 0 saturated carbocycles. The number of aliphatic hydroxyl groups is 1. The molecular weight excluding hydrogens is 432 g/mol. The normalized spacial score (nSPS) is 37.8. The van der Waals surface area contributed by atoms with Crippen LogP contribution in [0.3, 0.4) is 0 Å². The maximum atomic E-state index is 13.3. The van der Waals surface area contributed by atoms with E-state index >= 15 is 0 Å². The molecule has 3 aliphatic heterocycles. The van der Waals surface area contributed by atoms with Crippen LogP contribution in [0.2, 0.25) is 0 Å². The summed E-state index contributed by atoms with van der Waals surface area (Å²) in [5.74, 6) is -4.22. The molecule has 6 atom stereocenters. The number of carbonyl (C=O) groups is 2. The number of ketones is 1. The van der Waals surface area contributed by atoms with Gasteiger partial charge in [-0.3, -0.25) is 9.59 Å². The first-order valence-corrected chi connectivity index (χ1v) is 11.4. The van der Waals surface area contributed by atoms with E-state index in [1.165, 1.54) is 6.26 Å². The highest BCUT2D eigenvalue weighted by Gasteiger charge is 2.72. The number of halogens is 1. The Bertz CT molecular complexity index is 1020. The topological polar surface area (TPSA) is 82.1 Å². The third kappa shape index (κ3) is 3.40. The fraction of sp³-hybridized carbons (Fsp3) is 0.520. The molecular formula is C25H29ClO6. The highest BCUT2D eigenvalue weighted by atomic mass is 35.5. The first kappa shape index (κ1) is 23.0. The molecule has 0 bridgehead atoms. The van der Waals surface area contributed by atoms with Gasteiger partial charge in [0, 0.05) is 23.0 Å². The van der Waals surface area contributed by atoms with E-state index in [1.807, 2.05) is 19.1 Å². The zero-order valence-electron chi connectivity index (χ0n) is 19.0. The predicted molar refractivity (Wildman–Crippen MR) is 119 cm³/mol. The number of hydrogen-bond donors (Lipinski definition) is 1. The minimum Gasteiger partial charge on any atom is -0.465 e. The van der Waals surface area contributed by atoms with Crippen molar-refractivity contribution < 1.29 is 28.9 Å². The molecule has 3 heterocycles. The molecule has 6 nitrogen and oxygen atoms in total. The van der Waals surface area contributed by atoms with E-state index in [0.29, 0.717) is 22.8 Å². The van der Waals surface area contributed by atoms with E-state index in [0.717, 1.165) is 12.0 Å². The summed E-state index contributed by atoms with van der Waals surface area (Å²) in [6, 6.07) is 0. The number of ether oxygens (including phenoxy) is 3. The number of Topliss-reactive ketones (excluding diaryl/α,β-unsaturated/α-hetero) is 1. The second-order valence-corrected chi connectivity index (χ2v) is 9.75. The van der Waals surface area contributed by atoms with Crippen molar-refractivity contribution in [3.8, 4) is 0 Å². The fourth-order valence-electron chi connectivity index (χ4n) is 4.96. The molecule has 0 spiro atoms. The molecule has 0 aromatic rings. The van der Waals surface area contributed by atoms with Crippen molar-refractivity contribution >= 4 is 23.4 Å². The number of fused-ring (bicyclic) bond motifs is 5. The summed E-state index contributed by atoms with van der Waals surface area (Å²) in [4.78, 5) is 26.0. The predicted octanol–water partition coefficient (Wildman–Crippen LogP) is 4.31. The second-order valence-electron chi connectivity index (χ2n) is 9.37. The Labute approximate surface area is 193 Å². The molecule has 2 fully saturated rings. The lowest BCUT2D eigenvalue weighted by atomic mass is 9.66. The largest absolute Gasteiger partial charge is 0.465 e. The Morgan fingerprint density at radius 1 is 1.38 bits per heavy atom. The van der Waals surface area contributed by atoms with Crippen LogP contribution in [0.15, 0.2) is 58.1 Å². The van der Waals surface area contributed by atoms with Gasteiger partial charge in [0.1, 0.15) is 17.3 Å². The van der Waals surface area contributed by atoms with Crippen LogP contribution in [0, 0.1) is 23.7 Å². The van der Waals surface area contributed by atoms with Gasteiger partial charge >= 0.3 is 5.97 Å². The minimum absolute atomic E-state index is 0.000614. The van der Waals surface area contributed by atoms with Crippen molar-refractivity contribution in [1.82, 2.24) is 0 Å². The molecule has 0 aromatic carbocycles. The van der Waals surface area contributed by atoms with Crippen LogP contribution in [0.4, 0.5) is 0 Å². The van der Waals surface area contributed by atoms with Crippen molar-refractivity contribution in [3.63, 3.8) is 0 Å².